The Hall–Kier alpha value is -1.00. The van der Waals surface area contributed by atoms with Crippen LogP contribution in [0.3, 0.4) is 0 Å². The van der Waals surface area contributed by atoms with E-state index in [0.29, 0.717) is 0 Å². The van der Waals surface area contributed by atoms with Gasteiger partial charge in [0.25, 0.3) is 0 Å². The Morgan fingerprint density at radius 2 is 1.94 bits per heavy atom. The molecule has 2 nitrogen and oxygen atoms in total. The fraction of sp³-hybridized carbons (Fsp3) is 0.571. The highest BCUT2D eigenvalue weighted by molar-refractivity contribution is 5.22. The fourth-order valence-electron chi connectivity index (χ4n) is 2.40. The van der Waals surface area contributed by atoms with Gasteiger partial charge in [0.15, 0.2) is 0 Å². The summed E-state index contributed by atoms with van der Waals surface area (Å²) in [5.74, 6) is -1.39. The maximum atomic E-state index is 13.4. The minimum atomic E-state index is -1.14. The zero-order valence-corrected chi connectivity index (χ0v) is 10.5. The van der Waals surface area contributed by atoms with E-state index < -0.39 is 17.7 Å². The molecule has 18 heavy (non-hydrogen) atoms. The molecule has 2 rings (SSSR count). The minimum absolute atomic E-state index is 0.174. The van der Waals surface area contributed by atoms with Crippen LogP contribution in [-0.4, -0.2) is 18.2 Å². The molecule has 0 saturated heterocycles. The number of benzene rings is 1. The Balaban J connectivity index is 1.89. The molecule has 0 spiro atoms. The highest BCUT2D eigenvalue weighted by atomic mass is 19.1. The molecule has 100 valence electrons. The van der Waals surface area contributed by atoms with Gasteiger partial charge in [-0.3, -0.25) is 0 Å². The zero-order valence-electron chi connectivity index (χ0n) is 10.5. The second-order valence-electron chi connectivity index (χ2n) is 5.45. The first-order chi connectivity index (χ1) is 8.52. The van der Waals surface area contributed by atoms with E-state index in [9.17, 15) is 13.9 Å². The van der Waals surface area contributed by atoms with Crippen LogP contribution in [-0.2, 0) is 0 Å². The van der Waals surface area contributed by atoms with Gasteiger partial charge in [-0.05, 0) is 30.4 Å². The number of hydrogen-bond donors (Lipinski definition) is 2. The molecule has 0 radical (unpaired) electrons. The molecule has 2 N–H and O–H groups in total. The predicted octanol–water partition coefficient (Wildman–Crippen LogP) is 2.78. The van der Waals surface area contributed by atoms with Crippen LogP contribution in [0.2, 0.25) is 0 Å². The quantitative estimate of drug-likeness (QED) is 0.848. The van der Waals surface area contributed by atoms with Crippen LogP contribution in [0.25, 0.3) is 0 Å². The average molecular weight is 255 g/mol. The molecule has 0 heterocycles. The lowest BCUT2D eigenvalue weighted by molar-refractivity contribution is 0.129. The van der Waals surface area contributed by atoms with Crippen LogP contribution in [0.4, 0.5) is 8.78 Å². The van der Waals surface area contributed by atoms with E-state index in [0.717, 1.165) is 18.7 Å². The number of rotatable bonds is 5. The van der Waals surface area contributed by atoms with E-state index in [1.54, 1.807) is 0 Å². The predicted molar refractivity (Wildman–Crippen MR) is 66.1 cm³/mol. The van der Waals surface area contributed by atoms with Crippen LogP contribution in [0.5, 0.6) is 0 Å². The van der Waals surface area contributed by atoms with Gasteiger partial charge < -0.3 is 10.4 Å². The first kappa shape index (κ1) is 13.4. The monoisotopic (exact) mass is 255 g/mol. The molecule has 0 bridgehead atoms. The lowest BCUT2D eigenvalue weighted by atomic mass is 9.70. The highest BCUT2D eigenvalue weighted by Gasteiger charge is 2.31. The molecule has 0 amide bonds. The Labute approximate surface area is 106 Å². The van der Waals surface area contributed by atoms with Crippen molar-refractivity contribution in [3.63, 3.8) is 0 Å². The van der Waals surface area contributed by atoms with E-state index in [1.807, 2.05) is 0 Å². The van der Waals surface area contributed by atoms with E-state index >= 15 is 0 Å². The number of halogens is 2. The molecule has 1 aromatic rings. The molecule has 1 atom stereocenters. The number of aliphatic hydroxyl groups is 1. The average Bonchev–Trinajstić information content (AvgIpc) is 2.26. The van der Waals surface area contributed by atoms with Crippen molar-refractivity contribution in [3.05, 3.63) is 35.4 Å². The summed E-state index contributed by atoms with van der Waals surface area (Å²) in [7, 11) is 0. The lowest BCUT2D eigenvalue weighted by Crippen LogP contribution is -2.38. The van der Waals surface area contributed by atoms with E-state index in [1.165, 1.54) is 25.3 Å². The van der Waals surface area contributed by atoms with Crippen LogP contribution < -0.4 is 5.32 Å². The van der Waals surface area contributed by atoms with Gasteiger partial charge in [0.1, 0.15) is 11.6 Å². The third kappa shape index (κ3) is 2.87. The summed E-state index contributed by atoms with van der Waals surface area (Å²) >= 11 is 0. The molecule has 0 aliphatic heterocycles. The van der Waals surface area contributed by atoms with Crippen LogP contribution in [0.1, 0.15) is 37.9 Å². The SMILES string of the molecule is CC1(CNCC(O)c2c(F)cccc2F)CCC1. The van der Waals surface area contributed by atoms with Crippen molar-refractivity contribution in [2.24, 2.45) is 5.41 Å². The number of hydrogen-bond acceptors (Lipinski definition) is 2. The minimum Gasteiger partial charge on any atom is -0.387 e. The molecular formula is C14H19F2NO. The van der Waals surface area contributed by atoms with Gasteiger partial charge in [0.2, 0.25) is 0 Å². The van der Waals surface area contributed by atoms with Crippen molar-refractivity contribution in [2.45, 2.75) is 32.3 Å². The van der Waals surface area contributed by atoms with E-state index in [2.05, 4.69) is 12.2 Å². The summed E-state index contributed by atoms with van der Waals surface area (Å²) in [5, 5.41) is 12.9. The second kappa shape index (κ2) is 5.33. The van der Waals surface area contributed by atoms with Crippen molar-refractivity contribution in [2.75, 3.05) is 13.1 Å². The maximum absolute atomic E-state index is 13.4. The topological polar surface area (TPSA) is 32.3 Å². The smallest absolute Gasteiger partial charge is 0.131 e. The standard InChI is InChI=1S/C14H19F2NO/c1-14(6-3-7-14)9-17-8-12(18)13-10(15)4-2-5-11(13)16/h2,4-5,12,17-18H,3,6-9H2,1H3. The van der Waals surface area contributed by atoms with Crippen LogP contribution in [0.15, 0.2) is 18.2 Å². The van der Waals surface area contributed by atoms with Crippen molar-refractivity contribution < 1.29 is 13.9 Å². The molecule has 1 fully saturated rings. The number of nitrogens with one attached hydrogen (secondary N) is 1. The second-order valence-corrected chi connectivity index (χ2v) is 5.45. The summed E-state index contributed by atoms with van der Waals surface area (Å²) in [6, 6.07) is 3.62. The van der Waals surface area contributed by atoms with Gasteiger partial charge in [0.05, 0.1) is 11.7 Å². The first-order valence-electron chi connectivity index (χ1n) is 6.34. The Morgan fingerprint density at radius 1 is 1.33 bits per heavy atom. The molecule has 1 saturated carbocycles. The Morgan fingerprint density at radius 3 is 2.44 bits per heavy atom. The van der Waals surface area contributed by atoms with Gasteiger partial charge >= 0.3 is 0 Å². The van der Waals surface area contributed by atoms with E-state index in [-0.39, 0.29) is 17.5 Å². The van der Waals surface area contributed by atoms with Gasteiger partial charge in [-0.25, -0.2) is 8.78 Å². The maximum Gasteiger partial charge on any atom is 0.131 e. The Bertz CT molecular complexity index is 398. The van der Waals surface area contributed by atoms with Gasteiger partial charge in [-0.15, -0.1) is 0 Å². The van der Waals surface area contributed by atoms with Crippen molar-refractivity contribution in [1.29, 1.82) is 0 Å². The van der Waals surface area contributed by atoms with Crippen molar-refractivity contribution in [3.8, 4) is 0 Å². The molecular weight excluding hydrogens is 236 g/mol. The Kier molecular flexibility index (Phi) is 3.97. The van der Waals surface area contributed by atoms with Crippen molar-refractivity contribution in [1.82, 2.24) is 5.32 Å². The highest BCUT2D eigenvalue weighted by Crippen LogP contribution is 2.39. The largest absolute Gasteiger partial charge is 0.387 e. The van der Waals surface area contributed by atoms with Gasteiger partial charge in [-0.1, -0.05) is 19.4 Å². The first-order valence-corrected chi connectivity index (χ1v) is 6.34. The van der Waals surface area contributed by atoms with Crippen molar-refractivity contribution >= 4 is 0 Å². The summed E-state index contributed by atoms with van der Waals surface area (Å²) < 4.78 is 26.8. The summed E-state index contributed by atoms with van der Waals surface area (Å²) in [6.07, 6.45) is 2.44. The van der Waals surface area contributed by atoms with Crippen LogP contribution in [0, 0.1) is 17.0 Å². The summed E-state index contributed by atoms with van der Waals surface area (Å²) in [5.41, 5.74) is 0.0387. The third-order valence-corrected chi connectivity index (χ3v) is 3.78. The molecule has 4 heteroatoms. The summed E-state index contributed by atoms with van der Waals surface area (Å²) in [4.78, 5) is 0. The third-order valence-electron chi connectivity index (χ3n) is 3.78. The molecule has 1 aliphatic rings. The fourth-order valence-corrected chi connectivity index (χ4v) is 2.40. The molecule has 1 unspecified atom stereocenters. The molecule has 0 aromatic heterocycles. The van der Waals surface area contributed by atoms with Crippen LogP contribution >= 0.6 is 0 Å². The normalized spacial score (nSPS) is 19.3. The summed E-state index contributed by atoms with van der Waals surface area (Å²) in [6.45, 7) is 3.13. The molecule has 1 aliphatic carbocycles. The molecule has 1 aromatic carbocycles. The number of aliphatic hydroxyl groups excluding tert-OH is 1. The van der Waals surface area contributed by atoms with Gasteiger partial charge in [0, 0.05) is 13.1 Å². The zero-order chi connectivity index (χ0) is 13.2. The lowest BCUT2D eigenvalue weighted by Gasteiger charge is -2.38. The van der Waals surface area contributed by atoms with Gasteiger partial charge in [-0.2, -0.15) is 0 Å². The van der Waals surface area contributed by atoms with E-state index in [4.69, 9.17) is 0 Å².